The lowest BCUT2D eigenvalue weighted by Crippen LogP contribution is -2.35. The van der Waals surface area contributed by atoms with Crippen molar-refractivity contribution in [2.45, 2.75) is 29.6 Å². The van der Waals surface area contributed by atoms with E-state index in [2.05, 4.69) is 20.7 Å². The Bertz CT molecular complexity index is 466. The molecular formula is C10H14BrNO3S2. The Hall–Kier alpha value is 0.0500. The number of thiophene rings is 1. The van der Waals surface area contributed by atoms with Gasteiger partial charge in [0.25, 0.3) is 10.0 Å². The number of hydrogen-bond donors (Lipinski definition) is 1. The van der Waals surface area contributed by atoms with Gasteiger partial charge in [-0.3, -0.25) is 0 Å². The van der Waals surface area contributed by atoms with E-state index in [1.165, 1.54) is 11.3 Å². The summed E-state index contributed by atoms with van der Waals surface area (Å²) in [4.78, 5) is 0. The second-order valence-corrected chi connectivity index (χ2v) is 7.63. The van der Waals surface area contributed by atoms with Gasteiger partial charge in [-0.1, -0.05) is 0 Å². The van der Waals surface area contributed by atoms with Crippen molar-refractivity contribution < 1.29 is 13.2 Å². The monoisotopic (exact) mass is 339 g/mol. The first-order chi connectivity index (χ1) is 8.09. The highest BCUT2D eigenvalue weighted by Crippen LogP contribution is 2.27. The number of nitrogens with one attached hydrogen (secondary N) is 1. The van der Waals surface area contributed by atoms with Crippen LogP contribution >= 0.6 is 27.3 Å². The summed E-state index contributed by atoms with van der Waals surface area (Å²) >= 11 is 4.43. The topological polar surface area (TPSA) is 55.4 Å². The molecule has 4 nitrogen and oxygen atoms in total. The maximum absolute atomic E-state index is 12.0. The lowest BCUT2D eigenvalue weighted by Gasteiger charge is -2.22. The van der Waals surface area contributed by atoms with Crippen LogP contribution in [0.5, 0.6) is 0 Å². The van der Waals surface area contributed by atoms with Crippen LogP contribution < -0.4 is 4.72 Å². The number of hydrogen-bond acceptors (Lipinski definition) is 4. The maximum atomic E-state index is 12.0. The van der Waals surface area contributed by atoms with Gasteiger partial charge in [0.1, 0.15) is 4.21 Å². The third-order valence-electron chi connectivity index (χ3n) is 2.60. The average molecular weight is 340 g/mol. The molecule has 1 aromatic rings. The van der Waals surface area contributed by atoms with E-state index in [4.69, 9.17) is 4.74 Å². The Kier molecular flexibility index (Phi) is 4.59. The Balaban J connectivity index is 1.96. The van der Waals surface area contributed by atoms with Gasteiger partial charge in [0.15, 0.2) is 0 Å². The fourth-order valence-electron chi connectivity index (χ4n) is 1.71. The van der Waals surface area contributed by atoms with Gasteiger partial charge in [-0.25, -0.2) is 13.1 Å². The molecule has 7 heteroatoms. The standard InChI is InChI=1S/C10H14BrNO3S2/c11-9-4-6-16-10(9)17(13,14)12-7-8-3-1-2-5-15-8/h4,6,8,12H,1-3,5,7H2. The Morgan fingerprint density at radius 3 is 2.94 bits per heavy atom. The molecule has 1 unspecified atom stereocenters. The molecule has 0 aliphatic carbocycles. The van der Waals surface area contributed by atoms with Crippen molar-refractivity contribution in [3.8, 4) is 0 Å². The van der Waals surface area contributed by atoms with Crippen molar-refractivity contribution in [1.29, 1.82) is 0 Å². The Labute approximate surface area is 114 Å². The van der Waals surface area contributed by atoms with Crippen molar-refractivity contribution >= 4 is 37.3 Å². The van der Waals surface area contributed by atoms with Crippen molar-refractivity contribution in [3.05, 3.63) is 15.9 Å². The predicted octanol–water partition coefficient (Wildman–Crippen LogP) is 2.36. The zero-order chi connectivity index (χ0) is 12.3. The normalized spacial score (nSPS) is 21.6. The van der Waals surface area contributed by atoms with Crippen molar-refractivity contribution in [3.63, 3.8) is 0 Å². The second kappa shape index (κ2) is 5.79. The van der Waals surface area contributed by atoms with Gasteiger partial charge < -0.3 is 4.74 Å². The van der Waals surface area contributed by atoms with E-state index in [0.717, 1.165) is 25.9 Å². The summed E-state index contributed by atoms with van der Waals surface area (Å²) in [5, 5.41) is 1.75. The number of ether oxygens (including phenoxy) is 1. The number of sulfonamides is 1. The van der Waals surface area contributed by atoms with Gasteiger partial charge in [0.05, 0.1) is 6.10 Å². The summed E-state index contributed by atoms with van der Waals surface area (Å²) in [7, 11) is -3.41. The summed E-state index contributed by atoms with van der Waals surface area (Å²) in [5.74, 6) is 0. The van der Waals surface area contributed by atoms with E-state index in [1.807, 2.05) is 0 Å². The molecule has 0 bridgehead atoms. The summed E-state index contributed by atoms with van der Waals surface area (Å²) in [6.45, 7) is 1.09. The first kappa shape index (κ1) is 13.5. The fourth-order valence-corrected chi connectivity index (χ4v) is 5.15. The molecule has 1 aliphatic heterocycles. The third kappa shape index (κ3) is 3.51. The van der Waals surface area contributed by atoms with Gasteiger partial charge in [-0.15, -0.1) is 11.3 Å². The van der Waals surface area contributed by atoms with E-state index in [9.17, 15) is 8.42 Å². The zero-order valence-corrected chi connectivity index (χ0v) is 12.4. The van der Waals surface area contributed by atoms with E-state index in [1.54, 1.807) is 11.4 Å². The molecule has 96 valence electrons. The number of rotatable bonds is 4. The van der Waals surface area contributed by atoms with Crippen molar-refractivity contribution in [2.75, 3.05) is 13.2 Å². The predicted molar refractivity (Wildman–Crippen MR) is 70.8 cm³/mol. The molecular weight excluding hydrogens is 326 g/mol. The van der Waals surface area contributed by atoms with E-state index >= 15 is 0 Å². The second-order valence-electron chi connectivity index (χ2n) is 3.90. The molecule has 1 N–H and O–H groups in total. The number of halogens is 1. The molecule has 1 saturated heterocycles. The zero-order valence-electron chi connectivity index (χ0n) is 9.19. The van der Waals surface area contributed by atoms with E-state index in [0.29, 0.717) is 15.2 Å². The molecule has 2 rings (SSSR count). The van der Waals surface area contributed by atoms with Crippen molar-refractivity contribution in [1.82, 2.24) is 4.72 Å². The smallest absolute Gasteiger partial charge is 0.251 e. The van der Waals surface area contributed by atoms with Crippen LogP contribution in [-0.4, -0.2) is 27.7 Å². The van der Waals surface area contributed by atoms with Crippen LogP contribution in [0.3, 0.4) is 0 Å². The highest BCUT2D eigenvalue weighted by molar-refractivity contribution is 9.10. The van der Waals surface area contributed by atoms with Crippen LogP contribution in [0.1, 0.15) is 19.3 Å². The largest absolute Gasteiger partial charge is 0.377 e. The Morgan fingerprint density at radius 1 is 1.53 bits per heavy atom. The molecule has 2 heterocycles. The molecule has 17 heavy (non-hydrogen) atoms. The molecule has 0 spiro atoms. The fraction of sp³-hybridized carbons (Fsp3) is 0.600. The molecule has 0 amide bonds. The van der Waals surface area contributed by atoms with Crippen LogP contribution in [0.4, 0.5) is 0 Å². The molecule has 0 aromatic carbocycles. The molecule has 0 saturated carbocycles. The first-order valence-corrected chi connectivity index (χ1v) is 8.59. The molecule has 1 atom stereocenters. The summed E-state index contributed by atoms with van der Waals surface area (Å²) in [6.07, 6.45) is 3.11. The Morgan fingerprint density at radius 2 is 2.35 bits per heavy atom. The SMILES string of the molecule is O=S(=O)(NCC1CCCCO1)c1sccc1Br. The molecule has 0 radical (unpaired) electrons. The third-order valence-corrected chi connectivity index (χ3v) is 6.70. The van der Waals surface area contributed by atoms with Crippen LogP contribution in [0.15, 0.2) is 20.1 Å². The van der Waals surface area contributed by atoms with Crippen LogP contribution in [0, 0.1) is 0 Å². The summed E-state index contributed by atoms with van der Waals surface area (Å²) in [5.41, 5.74) is 0. The summed E-state index contributed by atoms with van der Waals surface area (Å²) in [6, 6.07) is 1.73. The maximum Gasteiger partial charge on any atom is 0.251 e. The van der Waals surface area contributed by atoms with Crippen LogP contribution in [0.2, 0.25) is 0 Å². The van der Waals surface area contributed by atoms with Gasteiger partial charge >= 0.3 is 0 Å². The van der Waals surface area contributed by atoms with Gasteiger partial charge in [-0.05, 0) is 46.6 Å². The minimum absolute atomic E-state index is 0.0114. The lowest BCUT2D eigenvalue weighted by molar-refractivity contribution is 0.0200. The van der Waals surface area contributed by atoms with Gasteiger partial charge in [0.2, 0.25) is 0 Å². The van der Waals surface area contributed by atoms with E-state index < -0.39 is 10.0 Å². The van der Waals surface area contributed by atoms with Crippen LogP contribution in [0.25, 0.3) is 0 Å². The molecule has 1 fully saturated rings. The minimum Gasteiger partial charge on any atom is -0.377 e. The highest BCUT2D eigenvalue weighted by Gasteiger charge is 2.21. The summed E-state index contributed by atoms with van der Waals surface area (Å²) < 4.78 is 33.0. The van der Waals surface area contributed by atoms with Gasteiger partial charge in [0, 0.05) is 17.6 Å². The molecule has 1 aromatic heterocycles. The average Bonchev–Trinajstić information content (AvgIpc) is 2.75. The van der Waals surface area contributed by atoms with E-state index in [-0.39, 0.29) is 6.10 Å². The van der Waals surface area contributed by atoms with Crippen molar-refractivity contribution in [2.24, 2.45) is 0 Å². The quantitative estimate of drug-likeness (QED) is 0.916. The van der Waals surface area contributed by atoms with Crippen LogP contribution in [-0.2, 0) is 14.8 Å². The lowest BCUT2D eigenvalue weighted by atomic mass is 10.1. The van der Waals surface area contributed by atoms with Gasteiger partial charge in [-0.2, -0.15) is 0 Å². The molecule has 1 aliphatic rings. The first-order valence-electron chi connectivity index (χ1n) is 5.44. The minimum atomic E-state index is -3.41. The highest BCUT2D eigenvalue weighted by atomic mass is 79.9.